The van der Waals surface area contributed by atoms with Gasteiger partial charge in [-0.1, -0.05) is 6.42 Å². The van der Waals surface area contributed by atoms with Gasteiger partial charge in [-0.05, 0) is 43.7 Å². The lowest BCUT2D eigenvalue weighted by Crippen LogP contribution is -2.40. The van der Waals surface area contributed by atoms with E-state index in [4.69, 9.17) is 0 Å². The van der Waals surface area contributed by atoms with Crippen LogP contribution in [0.3, 0.4) is 0 Å². The third-order valence-corrected chi connectivity index (χ3v) is 3.22. The molecule has 2 N–H and O–H groups in total. The highest BCUT2D eigenvalue weighted by molar-refractivity contribution is 5.94. The molecule has 6 heteroatoms. The van der Waals surface area contributed by atoms with Crippen molar-refractivity contribution in [3.63, 3.8) is 0 Å². The Hall–Kier alpha value is -1.69. The average Bonchev–Trinajstić information content (AvgIpc) is 2.67. The minimum atomic E-state index is -2.85. The largest absolute Gasteiger partial charge is 0.435 e. The Labute approximate surface area is 116 Å². The van der Waals surface area contributed by atoms with E-state index in [0.717, 1.165) is 32.4 Å². The molecule has 110 valence electrons. The summed E-state index contributed by atoms with van der Waals surface area (Å²) >= 11 is 0. The molecule has 1 heterocycles. The highest BCUT2D eigenvalue weighted by Gasteiger charge is 2.15. The number of nitrogens with one attached hydrogen (secondary N) is 2. The topological polar surface area (TPSA) is 50.4 Å². The van der Waals surface area contributed by atoms with Gasteiger partial charge in [-0.15, -0.1) is 0 Å². The second-order valence-electron chi connectivity index (χ2n) is 4.77. The van der Waals surface area contributed by atoms with Gasteiger partial charge in [0.15, 0.2) is 0 Å². The van der Waals surface area contributed by atoms with E-state index >= 15 is 0 Å². The van der Waals surface area contributed by atoms with Gasteiger partial charge >= 0.3 is 6.61 Å². The molecular formula is C14H18F2N2O2. The molecular weight excluding hydrogens is 266 g/mol. The summed E-state index contributed by atoms with van der Waals surface area (Å²) < 4.78 is 28.3. The molecule has 0 saturated carbocycles. The first kappa shape index (κ1) is 14.7. The lowest BCUT2D eigenvalue weighted by Gasteiger charge is -2.16. The summed E-state index contributed by atoms with van der Waals surface area (Å²) in [6, 6.07) is 5.81. The van der Waals surface area contributed by atoms with Crippen molar-refractivity contribution in [2.75, 3.05) is 13.1 Å². The van der Waals surface area contributed by atoms with Crippen molar-refractivity contribution < 1.29 is 18.3 Å². The number of carbonyl (C=O) groups excluding carboxylic acids is 1. The van der Waals surface area contributed by atoms with Crippen LogP contribution < -0.4 is 15.4 Å². The number of benzene rings is 1. The summed E-state index contributed by atoms with van der Waals surface area (Å²) in [5.74, 6) is -0.144. The van der Waals surface area contributed by atoms with Gasteiger partial charge in [0, 0.05) is 18.2 Å². The zero-order chi connectivity index (χ0) is 14.4. The predicted octanol–water partition coefficient (Wildman–Crippen LogP) is 2.16. The number of halogens is 2. The summed E-state index contributed by atoms with van der Waals surface area (Å²) in [6.07, 6.45) is 3.15. The number of hydrogen-bond donors (Lipinski definition) is 2. The Morgan fingerprint density at radius 2 is 2.05 bits per heavy atom. The second kappa shape index (κ2) is 7.19. The Kier molecular flexibility index (Phi) is 5.29. The van der Waals surface area contributed by atoms with Crippen molar-refractivity contribution in [2.45, 2.75) is 31.9 Å². The minimum absolute atomic E-state index is 0.0488. The zero-order valence-corrected chi connectivity index (χ0v) is 11.1. The van der Waals surface area contributed by atoms with E-state index < -0.39 is 6.61 Å². The fraction of sp³-hybridized carbons (Fsp3) is 0.500. The van der Waals surface area contributed by atoms with E-state index in [0.29, 0.717) is 5.56 Å². The first-order valence-corrected chi connectivity index (χ1v) is 6.71. The lowest BCUT2D eigenvalue weighted by atomic mass is 10.1. The van der Waals surface area contributed by atoms with Crippen LogP contribution in [0.5, 0.6) is 5.75 Å². The van der Waals surface area contributed by atoms with Crippen LogP contribution >= 0.6 is 0 Å². The van der Waals surface area contributed by atoms with Crippen LogP contribution in [0.25, 0.3) is 0 Å². The monoisotopic (exact) mass is 284 g/mol. The van der Waals surface area contributed by atoms with Gasteiger partial charge < -0.3 is 15.4 Å². The van der Waals surface area contributed by atoms with Gasteiger partial charge in [-0.25, -0.2) is 0 Å². The molecule has 1 unspecified atom stereocenters. The second-order valence-corrected chi connectivity index (χ2v) is 4.77. The van der Waals surface area contributed by atoms with Crippen molar-refractivity contribution in [2.24, 2.45) is 0 Å². The smallest absolute Gasteiger partial charge is 0.387 e. The van der Waals surface area contributed by atoms with Crippen LogP contribution in [0.1, 0.15) is 29.6 Å². The molecule has 1 saturated heterocycles. The maximum Gasteiger partial charge on any atom is 0.387 e. The number of rotatable bonds is 4. The van der Waals surface area contributed by atoms with Crippen LogP contribution in [-0.4, -0.2) is 31.7 Å². The average molecular weight is 284 g/mol. The molecule has 0 radical (unpaired) electrons. The van der Waals surface area contributed by atoms with Crippen molar-refractivity contribution in [3.05, 3.63) is 29.8 Å². The Morgan fingerprint density at radius 1 is 1.30 bits per heavy atom. The lowest BCUT2D eigenvalue weighted by molar-refractivity contribution is -0.0498. The number of alkyl halides is 2. The zero-order valence-electron chi connectivity index (χ0n) is 11.1. The Morgan fingerprint density at radius 3 is 2.75 bits per heavy atom. The van der Waals surface area contributed by atoms with Gasteiger partial charge in [-0.2, -0.15) is 8.78 Å². The number of amides is 1. The maximum absolute atomic E-state index is 12.0. The van der Waals surface area contributed by atoms with Gasteiger partial charge in [0.2, 0.25) is 0 Å². The Balaban J connectivity index is 1.91. The fourth-order valence-electron chi connectivity index (χ4n) is 2.20. The molecule has 2 rings (SSSR count). The van der Waals surface area contributed by atoms with Crippen LogP contribution in [0, 0.1) is 0 Å². The van der Waals surface area contributed by atoms with Gasteiger partial charge in [0.25, 0.3) is 5.91 Å². The molecule has 1 aromatic rings. The van der Waals surface area contributed by atoms with Gasteiger partial charge in [0.1, 0.15) is 5.75 Å². The molecule has 0 aromatic heterocycles. The van der Waals surface area contributed by atoms with E-state index in [1.54, 1.807) is 0 Å². The number of carbonyl (C=O) groups is 1. The molecule has 1 aliphatic rings. The molecule has 0 bridgehead atoms. The SMILES string of the molecule is O=C(NC1CCCCNC1)c1ccc(OC(F)F)cc1. The highest BCUT2D eigenvalue weighted by Crippen LogP contribution is 2.15. The predicted molar refractivity (Wildman–Crippen MR) is 71.0 cm³/mol. The standard InChI is InChI=1S/C14H18F2N2O2/c15-14(16)20-12-6-4-10(5-7-12)13(19)18-11-3-1-2-8-17-9-11/h4-7,11,14,17H,1-3,8-9H2,(H,18,19). The van der Waals surface area contributed by atoms with Crippen LogP contribution in [0.15, 0.2) is 24.3 Å². The molecule has 4 nitrogen and oxygen atoms in total. The van der Waals surface area contributed by atoms with Crippen molar-refractivity contribution in [1.29, 1.82) is 0 Å². The molecule has 0 spiro atoms. The summed E-state index contributed by atoms with van der Waals surface area (Å²) in [4.78, 5) is 12.0. The van der Waals surface area contributed by atoms with E-state index in [9.17, 15) is 13.6 Å². The highest BCUT2D eigenvalue weighted by atomic mass is 19.3. The van der Waals surface area contributed by atoms with Crippen molar-refractivity contribution >= 4 is 5.91 Å². The molecule has 1 atom stereocenters. The molecule has 1 amide bonds. The summed E-state index contributed by atoms with van der Waals surface area (Å²) in [7, 11) is 0. The van der Waals surface area contributed by atoms with E-state index in [-0.39, 0.29) is 17.7 Å². The third kappa shape index (κ3) is 4.45. The number of ether oxygens (including phenoxy) is 1. The van der Waals surface area contributed by atoms with Gasteiger partial charge in [-0.3, -0.25) is 4.79 Å². The molecule has 20 heavy (non-hydrogen) atoms. The summed E-state index contributed by atoms with van der Waals surface area (Å²) in [5.41, 5.74) is 0.441. The van der Waals surface area contributed by atoms with Crippen LogP contribution in [-0.2, 0) is 0 Å². The molecule has 1 aliphatic heterocycles. The molecule has 1 aromatic carbocycles. The summed E-state index contributed by atoms with van der Waals surface area (Å²) in [6.45, 7) is -1.11. The maximum atomic E-state index is 12.0. The minimum Gasteiger partial charge on any atom is -0.435 e. The van der Waals surface area contributed by atoms with Crippen molar-refractivity contribution in [3.8, 4) is 5.75 Å². The summed E-state index contributed by atoms with van der Waals surface area (Å²) in [5, 5.41) is 6.21. The molecule has 0 aliphatic carbocycles. The number of hydrogen-bond acceptors (Lipinski definition) is 3. The van der Waals surface area contributed by atoms with Crippen LogP contribution in [0.4, 0.5) is 8.78 Å². The van der Waals surface area contributed by atoms with Gasteiger partial charge in [0.05, 0.1) is 0 Å². The normalized spacial score (nSPS) is 19.4. The van der Waals surface area contributed by atoms with E-state index in [2.05, 4.69) is 15.4 Å². The fourth-order valence-corrected chi connectivity index (χ4v) is 2.20. The van der Waals surface area contributed by atoms with Crippen LogP contribution in [0.2, 0.25) is 0 Å². The quantitative estimate of drug-likeness (QED) is 0.891. The molecule has 1 fully saturated rings. The first-order valence-electron chi connectivity index (χ1n) is 6.71. The third-order valence-electron chi connectivity index (χ3n) is 3.22. The first-order chi connectivity index (χ1) is 9.65. The van der Waals surface area contributed by atoms with E-state index in [1.807, 2.05) is 0 Å². The van der Waals surface area contributed by atoms with E-state index in [1.165, 1.54) is 24.3 Å². The Bertz CT molecular complexity index is 429. The van der Waals surface area contributed by atoms with Crippen molar-refractivity contribution in [1.82, 2.24) is 10.6 Å².